The minimum Gasteiger partial charge on any atom is -0.378 e. The summed E-state index contributed by atoms with van der Waals surface area (Å²) in [6.07, 6.45) is 4.59. The first-order chi connectivity index (χ1) is 6.69. The SMILES string of the molecule is C=C(CC)CC(N)C1CCOC1CC. The topological polar surface area (TPSA) is 35.2 Å². The van der Waals surface area contributed by atoms with Crippen molar-refractivity contribution >= 4 is 0 Å². The highest BCUT2D eigenvalue weighted by atomic mass is 16.5. The summed E-state index contributed by atoms with van der Waals surface area (Å²) in [6, 6.07) is 0.245. The van der Waals surface area contributed by atoms with E-state index in [1.165, 1.54) is 5.57 Å². The van der Waals surface area contributed by atoms with Gasteiger partial charge in [0.15, 0.2) is 0 Å². The van der Waals surface area contributed by atoms with Crippen LogP contribution in [-0.4, -0.2) is 18.8 Å². The van der Waals surface area contributed by atoms with Crippen LogP contribution in [0.4, 0.5) is 0 Å². The molecule has 0 aromatic carbocycles. The molecule has 1 saturated heterocycles. The predicted octanol–water partition coefficient (Wildman–Crippen LogP) is 2.49. The maximum absolute atomic E-state index is 6.18. The molecule has 2 heteroatoms. The number of ether oxygens (including phenoxy) is 1. The van der Waals surface area contributed by atoms with Gasteiger partial charge < -0.3 is 10.5 Å². The van der Waals surface area contributed by atoms with Gasteiger partial charge in [0.25, 0.3) is 0 Å². The minimum atomic E-state index is 0.245. The van der Waals surface area contributed by atoms with Gasteiger partial charge in [0.1, 0.15) is 0 Å². The van der Waals surface area contributed by atoms with Crippen LogP contribution in [0.5, 0.6) is 0 Å². The lowest BCUT2D eigenvalue weighted by Gasteiger charge is -2.24. The quantitative estimate of drug-likeness (QED) is 0.687. The first-order valence-electron chi connectivity index (χ1n) is 5.72. The molecule has 0 spiro atoms. The minimum absolute atomic E-state index is 0.245. The number of hydrogen-bond donors (Lipinski definition) is 1. The maximum atomic E-state index is 6.18. The normalized spacial score (nSPS) is 29.1. The largest absolute Gasteiger partial charge is 0.378 e. The van der Waals surface area contributed by atoms with Gasteiger partial charge in [-0.15, -0.1) is 0 Å². The van der Waals surface area contributed by atoms with Crippen LogP contribution in [0, 0.1) is 5.92 Å². The first kappa shape index (κ1) is 11.7. The van der Waals surface area contributed by atoms with Crippen LogP contribution < -0.4 is 5.73 Å². The van der Waals surface area contributed by atoms with Crippen LogP contribution in [0.25, 0.3) is 0 Å². The van der Waals surface area contributed by atoms with Crippen molar-refractivity contribution in [1.29, 1.82) is 0 Å². The van der Waals surface area contributed by atoms with Gasteiger partial charge in [-0.05, 0) is 25.7 Å². The lowest BCUT2D eigenvalue weighted by atomic mass is 9.88. The molecule has 0 amide bonds. The van der Waals surface area contributed by atoms with Crippen molar-refractivity contribution < 1.29 is 4.74 Å². The second kappa shape index (κ2) is 5.52. The van der Waals surface area contributed by atoms with Crippen LogP contribution in [0.15, 0.2) is 12.2 Å². The Bertz CT molecular complexity index is 191. The zero-order valence-corrected chi connectivity index (χ0v) is 9.46. The molecular weight excluding hydrogens is 174 g/mol. The Labute approximate surface area is 87.5 Å². The molecule has 0 radical (unpaired) electrons. The molecule has 82 valence electrons. The Morgan fingerprint density at radius 2 is 2.29 bits per heavy atom. The molecule has 3 atom stereocenters. The van der Waals surface area contributed by atoms with Gasteiger partial charge in [-0.25, -0.2) is 0 Å². The van der Waals surface area contributed by atoms with Gasteiger partial charge in [-0.2, -0.15) is 0 Å². The second-order valence-corrected chi connectivity index (χ2v) is 4.24. The lowest BCUT2D eigenvalue weighted by Crippen LogP contribution is -2.35. The van der Waals surface area contributed by atoms with Crippen molar-refractivity contribution in [3.05, 3.63) is 12.2 Å². The van der Waals surface area contributed by atoms with Crippen LogP contribution >= 0.6 is 0 Å². The molecule has 1 heterocycles. The van der Waals surface area contributed by atoms with E-state index < -0.39 is 0 Å². The summed E-state index contributed by atoms with van der Waals surface area (Å²) < 4.78 is 5.64. The first-order valence-corrected chi connectivity index (χ1v) is 5.72. The fourth-order valence-electron chi connectivity index (χ4n) is 2.20. The summed E-state index contributed by atoms with van der Waals surface area (Å²) in [7, 11) is 0. The standard InChI is InChI=1S/C12H23NO/c1-4-9(3)8-11(13)10-6-7-14-12(10)5-2/h10-12H,3-8,13H2,1-2H3. The van der Waals surface area contributed by atoms with E-state index >= 15 is 0 Å². The summed E-state index contributed by atoms with van der Waals surface area (Å²) in [5.41, 5.74) is 7.44. The van der Waals surface area contributed by atoms with E-state index in [9.17, 15) is 0 Å². The number of nitrogens with two attached hydrogens (primary N) is 1. The van der Waals surface area contributed by atoms with Crippen LogP contribution in [0.2, 0.25) is 0 Å². The zero-order chi connectivity index (χ0) is 10.6. The van der Waals surface area contributed by atoms with Gasteiger partial charge >= 0.3 is 0 Å². The Balaban J connectivity index is 2.42. The average molecular weight is 197 g/mol. The third-order valence-corrected chi connectivity index (χ3v) is 3.24. The van der Waals surface area contributed by atoms with Gasteiger partial charge in [0.2, 0.25) is 0 Å². The van der Waals surface area contributed by atoms with Crippen LogP contribution in [0.1, 0.15) is 39.5 Å². The molecule has 0 aromatic heterocycles. The molecule has 0 bridgehead atoms. The summed E-state index contributed by atoms with van der Waals surface area (Å²) in [5, 5.41) is 0. The van der Waals surface area contributed by atoms with Crippen LogP contribution in [-0.2, 0) is 4.74 Å². The van der Waals surface area contributed by atoms with Crippen molar-refractivity contribution in [3.8, 4) is 0 Å². The lowest BCUT2D eigenvalue weighted by molar-refractivity contribution is 0.0813. The molecule has 0 saturated carbocycles. The summed E-state index contributed by atoms with van der Waals surface area (Å²) >= 11 is 0. The van der Waals surface area contributed by atoms with E-state index in [2.05, 4.69) is 20.4 Å². The Morgan fingerprint density at radius 1 is 1.57 bits per heavy atom. The third-order valence-electron chi connectivity index (χ3n) is 3.24. The van der Waals surface area contributed by atoms with Crippen molar-refractivity contribution in [1.82, 2.24) is 0 Å². The highest BCUT2D eigenvalue weighted by Crippen LogP contribution is 2.28. The average Bonchev–Trinajstić information content (AvgIpc) is 2.65. The molecule has 0 aliphatic carbocycles. The van der Waals surface area contributed by atoms with E-state index in [4.69, 9.17) is 10.5 Å². The monoisotopic (exact) mass is 197 g/mol. The van der Waals surface area contributed by atoms with E-state index in [0.29, 0.717) is 12.0 Å². The maximum Gasteiger partial charge on any atom is 0.0616 e. The Hall–Kier alpha value is -0.340. The third kappa shape index (κ3) is 2.82. The van der Waals surface area contributed by atoms with Crippen LogP contribution in [0.3, 0.4) is 0 Å². The fraction of sp³-hybridized carbons (Fsp3) is 0.833. The smallest absolute Gasteiger partial charge is 0.0616 e. The molecule has 2 N–H and O–H groups in total. The molecular formula is C12H23NO. The van der Waals surface area contributed by atoms with Gasteiger partial charge in [0.05, 0.1) is 6.10 Å². The molecule has 1 aliphatic heterocycles. The molecule has 3 unspecified atom stereocenters. The number of rotatable bonds is 5. The zero-order valence-electron chi connectivity index (χ0n) is 9.46. The van der Waals surface area contributed by atoms with E-state index in [1.54, 1.807) is 0 Å². The van der Waals surface area contributed by atoms with Gasteiger partial charge in [-0.1, -0.05) is 26.0 Å². The summed E-state index contributed by atoms with van der Waals surface area (Å²) in [6.45, 7) is 9.21. The summed E-state index contributed by atoms with van der Waals surface area (Å²) in [4.78, 5) is 0. The Kier molecular flexibility index (Phi) is 4.63. The number of hydrogen-bond acceptors (Lipinski definition) is 2. The van der Waals surface area contributed by atoms with Crippen molar-refractivity contribution in [3.63, 3.8) is 0 Å². The fourth-order valence-corrected chi connectivity index (χ4v) is 2.20. The van der Waals surface area contributed by atoms with Crippen molar-refractivity contribution in [2.24, 2.45) is 11.7 Å². The summed E-state index contributed by atoms with van der Waals surface area (Å²) in [5.74, 6) is 0.545. The van der Waals surface area contributed by atoms with E-state index in [1.807, 2.05) is 0 Å². The van der Waals surface area contributed by atoms with Gasteiger partial charge in [-0.3, -0.25) is 0 Å². The predicted molar refractivity (Wildman–Crippen MR) is 60.2 cm³/mol. The second-order valence-electron chi connectivity index (χ2n) is 4.24. The molecule has 1 rings (SSSR count). The van der Waals surface area contributed by atoms with Crippen molar-refractivity contribution in [2.75, 3.05) is 6.61 Å². The van der Waals surface area contributed by atoms with E-state index in [-0.39, 0.29) is 6.04 Å². The molecule has 14 heavy (non-hydrogen) atoms. The van der Waals surface area contributed by atoms with Crippen molar-refractivity contribution in [2.45, 2.75) is 51.7 Å². The molecule has 2 nitrogen and oxygen atoms in total. The molecule has 0 aromatic rings. The Morgan fingerprint density at radius 3 is 2.86 bits per heavy atom. The highest BCUT2D eigenvalue weighted by Gasteiger charge is 2.31. The molecule has 1 fully saturated rings. The highest BCUT2D eigenvalue weighted by molar-refractivity contribution is 4.99. The van der Waals surface area contributed by atoms with Gasteiger partial charge in [0, 0.05) is 18.6 Å². The van der Waals surface area contributed by atoms with E-state index in [0.717, 1.165) is 32.3 Å². The molecule has 1 aliphatic rings.